The normalized spacial score (nSPS) is 20.3. The maximum absolute atomic E-state index is 9.10. The molecule has 2 aromatic rings. The number of carbonyl (C=O) groups is 2. The van der Waals surface area contributed by atoms with Crippen molar-refractivity contribution in [3.05, 3.63) is 71.8 Å². The minimum Gasteiger partial charge on any atom is -0.473 e. The summed E-state index contributed by atoms with van der Waals surface area (Å²) >= 11 is 0. The minimum absolute atomic E-state index is 0.0304. The number of ether oxygens (including phenoxy) is 2. The predicted octanol–water partition coefficient (Wildman–Crippen LogP) is 2.41. The van der Waals surface area contributed by atoms with Crippen LogP contribution in [-0.4, -0.2) is 59.9 Å². The van der Waals surface area contributed by atoms with Gasteiger partial charge in [-0.15, -0.1) is 0 Å². The van der Waals surface area contributed by atoms with Crippen LogP contribution in [0.3, 0.4) is 0 Å². The molecule has 28 heavy (non-hydrogen) atoms. The molecule has 1 aliphatic rings. The van der Waals surface area contributed by atoms with E-state index >= 15 is 0 Å². The van der Waals surface area contributed by atoms with Gasteiger partial charge < -0.3 is 24.6 Å². The van der Waals surface area contributed by atoms with Crippen LogP contribution in [0.1, 0.15) is 18.1 Å². The molecule has 0 radical (unpaired) electrons. The smallest absolute Gasteiger partial charge is 0.414 e. The summed E-state index contributed by atoms with van der Waals surface area (Å²) in [5, 5.41) is 14.8. The molecule has 7 nitrogen and oxygen atoms in total. The van der Waals surface area contributed by atoms with Crippen LogP contribution in [0.4, 0.5) is 0 Å². The lowest BCUT2D eigenvalue weighted by atomic mass is 9.97. The Morgan fingerprint density at radius 3 is 1.68 bits per heavy atom. The van der Waals surface area contributed by atoms with Crippen LogP contribution >= 0.6 is 0 Å². The first-order valence-corrected chi connectivity index (χ1v) is 8.84. The first-order chi connectivity index (χ1) is 13.3. The van der Waals surface area contributed by atoms with Gasteiger partial charge in [-0.25, -0.2) is 9.59 Å². The van der Waals surface area contributed by atoms with E-state index in [1.807, 2.05) is 36.4 Å². The fourth-order valence-electron chi connectivity index (χ4n) is 2.97. The lowest BCUT2D eigenvalue weighted by Gasteiger charge is -2.29. The van der Waals surface area contributed by atoms with E-state index in [4.69, 9.17) is 29.3 Å². The molecule has 2 atom stereocenters. The molecule has 1 saturated heterocycles. The summed E-state index contributed by atoms with van der Waals surface area (Å²) in [7, 11) is 4.11. The molecule has 3 rings (SSSR count). The third kappa shape index (κ3) is 5.16. The van der Waals surface area contributed by atoms with Gasteiger partial charge in [-0.2, -0.15) is 0 Å². The lowest BCUT2D eigenvalue weighted by Crippen LogP contribution is -2.33. The molecule has 7 heteroatoms. The van der Waals surface area contributed by atoms with Crippen LogP contribution in [-0.2, 0) is 24.8 Å². The highest BCUT2D eigenvalue weighted by molar-refractivity contribution is 6.27. The van der Waals surface area contributed by atoms with Crippen molar-refractivity contribution in [2.24, 2.45) is 0 Å². The summed E-state index contributed by atoms with van der Waals surface area (Å²) in [6.45, 7) is 2.92. The van der Waals surface area contributed by atoms with E-state index < -0.39 is 17.7 Å². The maximum atomic E-state index is 9.10. The number of nitrogens with zero attached hydrogens (tertiary/aromatic N) is 1. The third-order valence-corrected chi connectivity index (χ3v) is 4.23. The monoisotopic (exact) mass is 387 g/mol. The molecule has 0 aromatic heterocycles. The molecule has 1 fully saturated rings. The van der Waals surface area contributed by atoms with Crippen molar-refractivity contribution in [2.75, 3.05) is 20.6 Å². The second-order valence-electron chi connectivity index (χ2n) is 6.70. The molecule has 2 aromatic carbocycles. The fraction of sp³-hybridized carbons (Fsp3) is 0.333. The van der Waals surface area contributed by atoms with Gasteiger partial charge in [-0.3, -0.25) is 0 Å². The summed E-state index contributed by atoms with van der Waals surface area (Å²) in [5.74, 6) is -4.46. The summed E-state index contributed by atoms with van der Waals surface area (Å²) < 4.78 is 12.9. The van der Waals surface area contributed by atoms with E-state index in [2.05, 4.69) is 50.2 Å². The third-order valence-electron chi connectivity index (χ3n) is 4.23. The Bertz CT molecular complexity index is 726. The first kappa shape index (κ1) is 21.6. The Kier molecular flexibility index (Phi) is 7.28. The highest BCUT2D eigenvalue weighted by Crippen LogP contribution is 2.43. The summed E-state index contributed by atoms with van der Waals surface area (Å²) in [4.78, 5) is 20.3. The molecule has 1 aliphatic heterocycles. The molecular formula is C21H25NO6. The Morgan fingerprint density at radius 2 is 1.32 bits per heavy atom. The number of carboxylic acid groups (broad SMARTS) is 2. The lowest BCUT2D eigenvalue weighted by molar-refractivity contribution is -0.159. The Labute approximate surface area is 164 Å². The van der Waals surface area contributed by atoms with Crippen LogP contribution in [0.25, 0.3) is 0 Å². The number of likely N-dealkylation sites (N-methyl/N-ethyl adjacent to an activating group) is 1. The topological polar surface area (TPSA) is 96.3 Å². The number of benzene rings is 2. The maximum Gasteiger partial charge on any atom is 0.414 e. The van der Waals surface area contributed by atoms with Gasteiger partial charge in [-0.1, -0.05) is 60.7 Å². The minimum atomic E-state index is -1.82. The second-order valence-corrected chi connectivity index (χ2v) is 6.70. The number of hydrogen-bond donors (Lipinski definition) is 2. The van der Waals surface area contributed by atoms with Crippen molar-refractivity contribution >= 4 is 11.9 Å². The molecule has 150 valence electrons. The standard InChI is InChI=1S/C19H23NO2.C2H2O4/c1-15-18(14-20(2)3)22-19(21-15,16-10-6-4-7-11-16)17-12-8-5-9-13-17;3-1(4)2(5)6/h4-13,15,18H,14H2,1-3H3;(H,3,4)(H,5,6)/t15-,18+;/m0./s1. The Balaban J connectivity index is 0.000000409. The van der Waals surface area contributed by atoms with Crippen molar-refractivity contribution < 1.29 is 29.3 Å². The fourth-order valence-corrected chi connectivity index (χ4v) is 2.97. The van der Waals surface area contributed by atoms with E-state index in [0.717, 1.165) is 17.7 Å². The predicted molar refractivity (Wildman–Crippen MR) is 103 cm³/mol. The van der Waals surface area contributed by atoms with Gasteiger partial charge in [-0.05, 0) is 21.0 Å². The van der Waals surface area contributed by atoms with E-state index in [9.17, 15) is 0 Å². The van der Waals surface area contributed by atoms with Crippen molar-refractivity contribution in [3.63, 3.8) is 0 Å². The van der Waals surface area contributed by atoms with Gasteiger partial charge in [0.15, 0.2) is 0 Å². The Morgan fingerprint density at radius 1 is 0.893 bits per heavy atom. The first-order valence-electron chi connectivity index (χ1n) is 8.84. The van der Waals surface area contributed by atoms with E-state index in [1.165, 1.54) is 0 Å². The number of rotatable bonds is 4. The average molecular weight is 387 g/mol. The van der Waals surface area contributed by atoms with Gasteiger partial charge in [0.25, 0.3) is 0 Å². The van der Waals surface area contributed by atoms with E-state index in [-0.39, 0.29) is 12.2 Å². The Hall–Kier alpha value is -2.74. The van der Waals surface area contributed by atoms with Gasteiger partial charge in [0.2, 0.25) is 5.79 Å². The zero-order chi connectivity index (χ0) is 20.7. The van der Waals surface area contributed by atoms with Gasteiger partial charge in [0, 0.05) is 17.7 Å². The molecule has 1 heterocycles. The summed E-state index contributed by atoms with van der Waals surface area (Å²) in [5.41, 5.74) is 2.07. The molecule has 0 saturated carbocycles. The zero-order valence-corrected chi connectivity index (χ0v) is 16.1. The van der Waals surface area contributed by atoms with Crippen LogP contribution in [0, 0.1) is 0 Å². The average Bonchev–Trinajstić information content (AvgIpc) is 3.00. The second kappa shape index (κ2) is 9.45. The van der Waals surface area contributed by atoms with Crippen molar-refractivity contribution in [1.29, 1.82) is 0 Å². The van der Waals surface area contributed by atoms with Crippen molar-refractivity contribution in [3.8, 4) is 0 Å². The highest BCUT2D eigenvalue weighted by atomic mass is 16.8. The molecule has 0 spiro atoms. The van der Waals surface area contributed by atoms with Gasteiger partial charge in [0.05, 0.1) is 6.10 Å². The zero-order valence-electron chi connectivity index (χ0n) is 16.1. The molecular weight excluding hydrogens is 362 g/mol. The highest BCUT2D eigenvalue weighted by Gasteiger charge is 2.48. The number of hydrogen-bond acceptors (Lipinski definition) is 5. The van der Waals surface area contributed by atoms with Crippen LogP contribution in [0.5, 0.6) is 0 Å². The van der Waals surface area contributed by atoms with Crippen LogP contribution < -0.4 is 0 Å². The number of carboxylic acids is 2. The van der Waals surface area contributed by atoms with Crippen molar-refractivity contribution in [1.82, 2.24) is 4.90 Å². The number of aliphatic carboxylic acids is 2. The summed E-state index contributed by atoms with van der Waals surface area (Å²) in [6.07, 6.45) is 0.0678. The van der Waals surface area contributed by atoms with Gasteiger partial charge in [0.1, 0.15) is 6.10 Å². The van der Waals surface area contributed by atoms with Crippen LogP contribution in [0.2, 0.25) is 0 Å². The molecule has 2 N–H and O–H groups in total. The molecule has 0 bridgehead atoms. The summed E-state index contributed by atoms with van der Waals surface area (Å²) in [6, 6.07) is 20.4. The van der Waals surface area contributed by atoms with Gasteiger partial charge >= 0.3 is 11.9 Å². The molecule has 0 aliphatic carbocycles. The largest absolute Gasteiger partial charge is 0.473 e. The van der Waals surface area contributed by atoms with Crippen LogP contribution in [0.15, 0.2) is 60.7 Å². The molecule has 0 amide bonds. The van der Waals surface area contributed by atoms with E-state index in [0.29, 0.717) is 0 Å². The quantitative estimate of drug-likeness (QED) is 0.778. The van der Waals surface area contributed by atoms with Crippen molar-refractivity contribution in [2.45, 2.75) is 24.9 Å². The SMILES string of the molecule is C[C@@H]1OC(c2ccccc2)(c2ccccc2)O[C@@H]1CN(C)C.O=C(O)C(=O)O. The molecule has 0 unspecified atom stereocenters. The van der Waals surface area contributed by atoms with E-state index in [1.54, 1.807) is 0 Å².